The second kappa shape index (κ2) is 8.85. The SMILES string of the molecule is CCCCC(C(=O)OC(C)CC)C(=O)c1c(C)cc(C)cc1C. The van der Waals surface area contributed by atoms with Gasteiger partial charge in [0, 0.05) is 5.56 Å². The molecule has 3 nitrogen and oxygen atoms in total. The molecule has 0 fully saturated rings. The highest BCUT2D eigenvalue weighted by Gasteiger charge is 2.31. The summed E-state index contributed by atoms with van der Waals surface area (Å²) in [4.78, 5) is 25.5. The normalized spacial score (nSPS) is 13.5. The number of hydrogen-bond acceptors (Lipinski definition) is 3. The highest BCUT2D eigenvalue weighted by Crippen LogP contribution is 2.24. The average Bonchev–Trinajstić information content (AvgIpc) is 2.46. The molecule has 128 valence electrons. The van der Waals surface area contributed by atoms with Gasteiger partial charge in [0.05, 0.1) is 6.10 Å². The Balaban J connectivity index is 3.11. The van der Waals surface area contributed by atoms with Gasteiger partial charge in [0.25, 0.3) is 0 Å². The zero-order valence-electron chi connectivity index (χ0n) is 15.4. The van der Waals surface area contributed by atoms with Gasteiger partial charge in [0.15, 0.2) is 5.78 Å². The van der Waals surface area contributed by atoms with Gasteiger partial charge in [0.1, 0.15) is 5.92 Å². The molecule has 0 saturated heterocycles. The van der Waals surface area contributed by atoms with E-state index >= 15 is 0 Å². The summed E-state index contributed by atoms with van der Waals surface area (Å²) in [6.45, 7) is 11.8. The number of hydrogen-bond donors (Lipinski definition) is 0. The molecule has 0 aliphatic heterocycles. The second-order valence-corrected chi connectivity index (χ2v) is 6.49. The Bertz CT molecular complexity index is 537. The Morgan fingerprint density at radius 3 is 2.13 bits per heavy atom. The predicted molar refractivity (Wildman–Crippen MR) is 93.8 cm³/mol. The minimum Gasteiger partial charge on any atom is -0.462 e. The first kappa shape index (κ1) is 19.4. The van der Waals surface area contributed by atoms with Crippen LogP contribution in [0.3, 0.4) is 0 Å². The van der Waals surface area contributed by atoms with Gasteiger partial charge in [-0.3, -0.25) is 9.59 Å². The van der Waals surface area contributed by atoms with Crippen LogP contribution < -0.4 is 0 Å². The molecule has 1 aromatic rings. The molecule has 0 aliphatic carbocycles. The number of unbranched alkanes of at least 4 members (excludes halogenated alkanes) is 1. The standard InChI is InChI=1S/C20H30O3/c1-7-9-10-17(20(22)23-16(6)8-2)19(21)18-14(4)11-13(3)12-15(18)5/h11-12,16-17H,7-10H2,1-6H3. The van der Waals surface area contributed by atoms with E-state index in [9.17, 15) is 9.59 Å². The number of carbonyl (C=O) groups excluding carboxylic acids is 2. The Kier molecular flexibility index (Phi) is 7.47. The fraction of sp³-hybridized carbons (Fsp3) is 0.600. The minimum absolute atomic E-state index is 0.0956. The van der Waals surface area contributed by atoms with Crippen molar-refractivity contribution < 1.29 is 14.3 Å². The van der Waals surface area contributed by atoms with E-state index in [0.717, 1.165) is 36.0 Å². The molecule has 1 aromatic carbocycles. The molecule has 3 heteroatoms. The zero-order valence-corrected chi connectivity index (χ0v) is 15.4. The third-order valence-electron chi connectivity index (χ3n) is 4.26. The molecule has 0 aromatic heterocycles. The lowest BCUT2D eigenvalue weighted by Crippen LogP contribution is -2.30. The largest absolute Gasteiger partial charge is 0.462 e. The fourth-order valence-electron chi connectivity index (χ4n) is 2.87. The number of ether oxygens (including phenoxy) is 1. The number of aryl methyl sites for hydroxylation is 3. The van der Waals surface area contributed by atoms with Gasteiger partial charge < -0.3 is 4.74 Å². The van der Waals surface area contributed by atoms with Gasteiger partial charge >= 0.3 is 5.97 Å². The maximum Gasteiger partial charge on any atom is 0.317 e. The minimum atomic E-state index is -0.691. The lowest BCUT2D eigenvalue weighted by molar-refractivity contribution is -0.151. The summed E-state index contributed by atoms with van der Waals surface area (Å²) in [7, 11) is 0. The monoisotopic (exact) mass is 318 g/mol. The Labute approximate surface area is 140 Å². The number of carbonyl (C=O) groups is 2. The summed E-state index contributed by atoms with van der Waals surface area (Å²) < 4.78 is 5.45. The third-order valence-corrected chi connectivity index (χ3v) is 4.26. The van der Waals surface area contributed by atoms with Crippen LogP contribution >= 0.6 is 0 Å². The molecule has 0 saturated carbocycles. The second-order valence-electron chi connectivity index (χ2n) is 6.49. The maximum atomic E-state index is 13.0. The van der Waals surface area contributed by atoms with Crippen molar-refractivity contribution in [1.82, 2.24) is 0 Å². The van der Waals surface area contributed by atoms with Crippen molar-refractivity contribution in [1.29, 1.82) is 0 Å². The van der Waals surface area contributed by atoms with Crippen LogP contribution in [0, 0.1) is 26.7 Å². The van der Waals surface area contributed by atoms with E-state index in [0.29, 0.717) is 12.0 Å². The van der Waals surface area contributed by atoms with E-state index in [4.69, 9.17) is 4.74 Å². The smallest absolute Gasteiger partial charge is 0.317 e. The van der Waals surface area contributed by atoms with Gasteiger partial charge in [0.2, 0.25) is 0 Å². The summed E-state index contributed by atoms with van der Waals surface area (Å²) in [6, 6.07) is 3.99. The van der Waals surface area contributed by atoms with Crippen LogP contribution in [-0.4, -0.2) is 17.9 Å². The maximum absolute atomic E-state index is 13.0. The van der Waals surface area contributed by atoms with Crippen molar-refractivity contribution in [3.8, 4) is 0 Å². The van der Waals surface area contributed by atoms with Crippen LogP contribution in [0.1, 0.15) is 73.5 Å². The summed E-state index contributed by atoms with van der Waals surface area (Å²) >= 11 is 0. The Morgan fingerprint density at radius 2 is 1.65 bits per heavy atom. The van der Waals surface area contributed by atoms with Gasteiger partial charge in [-0.15, -0.1) is 0 Å². The van der Waals surface area contributed by atoms with Crippen LogP contribution in [0.5, 0.6) is 0 Å². The summed E-state index contributed by atoms with van der Waals surface area (Å²) in [5.74, 6) is -1.16. The zero-order chi connectivity index (χ0) is 17.6. The fourth-order valence-corrected chi connectivity index (χ4v) is 2.87. The molecule has 0 amide bonds. The molecule has 0 radical (unpaired) electrons. The van der Waals surface area contributed by atoms with Gasteiger partial charge in [-0.25, -0.2) is 0 Å². The lowest BCUT2D eigenvalue weighted by Gasteiger charge is -2.20. The van der Waals surface area contributed by atoms with E-state index < -0.39 is 5.92 Å². The van der Waals surface area contributed by atoms with E-state index in [1.807, 2.05) is 46.8 Å². The van der Waals surface area contributed by atoms with Crippen molar-refractivity contribution in [2.45, 2.75) is 73.3 Å². The molecular formula is C20H30O3. The average molecular weight is 318 g/mol. The van der Waals surface area contributed by atoms with Crippen LogP contribution in [-0.2, 0) is 9.53 Å². The molecule has 0 spiro atoms. The third kappa shape index (κ3) is 5.19. The molecule has 0 N–H and O–H groups in total. The van der Waals surface area contributed by atoms with E-state index in [-0.39, 0.29) is 17.9 Å². The highest BCUT2D eigenvalue weighted by molar-refractivity contribution is 6.10. The Hall–Kier alpha value is -1.64. The van der Waals surface area contributed by atoms with E-state index in [1.54, 1.807) is 0 Å². The molecule has 23 heavy (non-hydrogen) atoms. The first-order valence-electron chi connectivity index (χ1n) is 8.64. The van der Waals surface area contributed by atoms with Crippen LogP contribution in [0.25, 0.3) is 0 Å². The van der Waals surface area contributed by atoms with E-state index in [1.165, 1.54) is 0 Å². The summed E-state index contributed by atoms with van der Waals surface area (Å²) in [5, 5.41) is 0. The van der Waals surface area contributed by atoms with Crippen LogP contribution in [0.2, 0.25) is 0 Å². The number of benzene rings is 1. The van der Waals surface area contributed by atoms with Crippen LogP contribution in [0.15, 0.2) is 12.1 Å². The molecular weight excluding hydrogens is 288 g/mol. The van der Waals surface area contributed by atoms with Crippen molar-refractivity contribution in [3.05, 3.63) is 34.4 Å². The van der Waals surface area contributed by atoms with E-state index in [2.05, 4.69) is 6.92 Å². The Morgan fingerprint density at radius 1 is 1.09 bits per heavy atom. The number of ketones is 1. The topological polar surface area (TPSA) is 43.4 Å². The molecule has 0 aliphatic rings. The molecule has 0 heterocycles. The lowest BCUT2D eigenvalue weighted by atomic mass is 9.87. The summed E-state index contributed by atoms with van der Waals surface area (Å²) in [6.07, 6.45) is 2.95. The van der Waals surface area contributed by atoms with Gasteiger partial charge in [-0.1, -0.05) is 44.4 Å². The number of rotatable bonds is 8. The molecule has 0 bridgehead atoms. The van der Waals surface area contributed by atoms with Crippen LogP contribution in [0.4, 0.5) is 0 Å². The summed E-state index contributed by atoms with van der Waals surface area (Å²) in [5.41, 5.74) is 3.68. The van der Waals surface area contributed by atoms with Gasteiger partial charge in [-0.2, -0.15) is 0 Å². The first-order valence-corrected chi connectivity index (χ1v) is 8.64. The predicted octanol–water partition coefficient (Wildman–Crippen LogP) is 4.94. The number of esters is 1. The quantitative estimate of drug-likeness (QED) is 0.387. The first-order chi connectivity index (χ1) is 10.8. The van der Waals surface area contributed by atoms with Crippen molar-refractivity contribution in [2.24, 2.45) is 5.92 Å². The highest BCUT2D eigenvalue weighted by atomic mass is 16.5. The molecule has 1 rings (SSSR count). The molecule has 2 unspecified atom stereocenters. The van der Waals surface area contributed by atoms with Crippen molar-refractivity contribution in [2.75, 3.05) is 0 Å². The van der Waals surface area contributed by atoms with Crippen molar-refractivity contribution in [3.63, 3.8) is 0 Å². The molecule has 2 atom stereocenters. The van der Waals surface area contributed by atoms with Crippen molar-refractivity contribution >= 4 is 11.8 Å². The van der Waals surface area contributed by atoms with Gasteiger partial charge in [-0.05, 0) is 51.7 Å². The number of Topliss-reactive ketones (excluding diaryl/α,β-unsaturated/α-hetero) is 1.